The number of fused-ring (bicyclic) bond motifs is 8. The van der Waals surface area contributed by atoms with Gasteiger partial charge in [0.1, 0.15) is 12.2 Å². The number of hydrogen-bond acceptors (Lipinski definition) is 4. The standard InChI is InChI=1S/C34H35N4O4.Mg/c1-8-18-15(4)22-11-23-16(5)19(9-2)31(37-23)29-30(34(41)42-7)33(40)28-17(6)24(38-32(28)29)12-26-20(10-3)21(14-39)27(36-26)13-25(18)35-22;/h11-14,19,30-31H,8-10H2,1-7H3,(H-,35,36,39,40);/q-3;+2/p-1/b22-11-;/t19-,30+,31?;/m0./s1. The van der Waals surface area contributed by atoms with E-state index in [0.717, 1.165) is 57.8 Å². The summed E-state index contributed by atoms with van der Waals surface area (Å²) < 4.78 is 5.14. The molecule has 0 N–H and O–H groups in total. The average molecular weight is 587 g/mol. The minimum Gasteiger partial charge on any atom is -0.678 e. The molecular weight excluding hydrogens is 553 g/mol. The molecule has 1 aliphatic carbocycles. The van der Waals surface area contributed by atoms with E-state index in [0.29, 0.717) is 50.8 Å². The van der Waals surface area contributed by atoms with Gasteiger partial charge in [0.2, 0.25) is 0 Å². The number of aromatic nitrogens is 3. The SMILES string of the molecule is CCc1c2[n-]c(c1C=O)/C=c1\[n-]/c(c(C)c1CC)=C\C1=C(C)[C@H](CC)C([N-]1)C1=c3[n-]/c(c(C)c3C(=O)[C@@H]1C(=O)OC)=C\2.[Mg+2]. The molecule has 5 heterocycles. The van der Waals surface area contributed by atoms with Crippen LogP contribution in [0.1, 0.15) is 88.5 Å². The van der Waals surface area contributed by atoms with Gasteiger partial charge in [0.15, 0.2) is 5.78 Å². The van der Waals surface area contributed by atoms with E-state index in [4.69, 9.17) is 25.0 Å². The van der Waals surface area contributed by atoms with Crippen LogP contribution in [0.2, 0.25) is 0 Å². The smallest absolute Gasteiger partial charge is 0.678 e. The Labute approximate surface area is 266 Å². The van der Waals surface area contributed by atoms with E-state index >= 15 is 0 Å². The molecule has 9 heteroatoms. The van der Waals surface area contributed by atoms with Gasteiger partial charge in [-0.2, -0.15) is 0 Å². The van der Waals surface area contributed by atoms with Crippen molar-refractivity contribution in [2.24, 2.45) is 11.8 Å². The second-order valence-corrected chi connectivity index (χ2v) is 11.3. The van der Waals surface area contributed by atoms with Crippen molar-refractivity contribution in [1.29, 1.82) is 0 Å². The van der Waals surface area contributed by atoms with Crippen LogP contribution < -0.4 is 36.3 Å². The third-order valence-electron chi connectivity index (χ3n) is 9.32. The fourth-order valence-corrected chi connectivity index (χ4v) is 7.04. The second kappa shape index (κ2) is 11.5. The molecule has 3 aliphatic rings. The molecule has 0 spiro atoms. The van der Waals surface area contributed by atoms with Crippen molar-refractivity contribution in [2.75, 3.05) is 7.11 Å². The topological polar surface area (TPSA) is 117 Å². The number of allylic oxidation sites excluding steroid dienone is 1. The molecule has 3 atom stereocenters. The van der Waals surface area contributed by atoms with Gasteiger partial charge in [0.05, 0.1) is 7.11 Å². The zero-order valence-electron chi connectivity index (χ0n) is 25.8. The maximum Gasteiger partial charge on any atom is 2.00 e. The largest absolute Gasteiger partial charge is 2.00 e. The van der Waals surface area contributed by atoms with Crippen molar-refractivity contribution in [3.63, 3.8) is 0 Å². The third-order valence-corrected chi connectivity index (χ3v) is 9.32. The second-order valence-electron chi connectivity index (χ2n) is 11.3. The Morgan fingerprint density at radius 1 is 0.907 bits per heavy atom. The summed E-state index contributed by atoms with van der Waals surface area (Å²) in [5, 5.41) is 7.87. The number of ether oxygens (including phenoxy) is 1. The Hall–Kier alpha value is -3.56. The van der Waals surface area contributed by atoms with Gasteiger partial charge in [0.25, 0.3) is 0 Å². The van der Waals surface area contributed by atoms with Crippen LogP contribution in [-0.2, 0) is 22.4 Å². The molecule has 8 bridgehead atoms. The van der Waals surface area contributed by atoms with Crippen LogP contribution in [-0.4, -0.2) is 54.2 Å². The van der Waals surface area contributed by atoms with Crippen molar-refractivity contribution in [3.05, 3.63) is 82.8 Å². The number of hydrogen-bond donors (Lipinski definition) is 0. The molecule has 0 amide bonds. The normalized spacial score (nSPS) is 22.6. The van der Waals surface area contributed by atoms with Crippen LogP contribution in [0, 0.1) is 25.7 Å². The quantitative estimate of drug-likeness (QED) is 0.192. The molecule has 3 aromatic heterocycles. The summed E-state index contributed by atoms with van der Waals surface area (Å²) in [5.74, 6) is -2.00. The van der Waals surface area contributed by atoms with Crippen LogP contribution in [0.15, 0.2) is 11.3 Å². The summed E-state index contributed by atoms with van der Waals surface area (Å²) in [6.45, 7) is 12.1. The minimum absolute atomic E-state index is 0. The molecule has 43 heavy (non-hydrogen) atoms. The fourth-order valence-electron chi connectivity index (χ4n) is 7.04. The predicted molar refractivity (Wildman–Crippen MR) is 166 cm³/mol. The Kier molecular flexibility index (Phi) is 8.26. The molecule has 0 aromatic carbocycles. The molecule has 2 aliphatic heterocycles. The van der Waals surface area contributed by atoms with Gasteiger partial charge in [-0.05, 0) is 39.5 Å². The van der Waals surface area contributed by atoms with Crippen molar-refractivity contribution in [2.45, 2.75) is 66.8 Å². The first-order valence-electron chi connectivity index (χ1n) is 14.6. The molecule has 8 nitrogen and oxygen atoms in total. The van der Waals surface area contributed by atoms with Crippen LogP contribution in [0.4, 0.5) is 0 Å². The average Bonchev–Trinajstić information content (AvgIpc) is 3.72. The van der Waals surface area contributed by atoms with Gasteiger partial charge < -0.3 is 25.0 Å². The van der Waals surface area contributed by atoms with Gasteiger partial charge in [-0.25, -0.2) is 0 Å². The van der Waals surface area contributed by atoms with Gasteiger partial charge in [-0.3, -0.25) is 14.4 Å². The molecule has 0 fully saturated rings. The summed E-state index contributed by atoms with van der Waals surface area (Å²) in [5.41, 5.74) is 8.31. The summed E-state index contributed by atoms with van der Waals surface area (Å²) in [4.78, 5) is 54.2. The number of Topliss-reactive ketones (excluding diaryl/α,β-unsaturated/α-hetero) is 1. The number of rotatable bonds is 5. The monoisotopic (exact) mass is 586 g/mol. The maximum atomic E-state index is 13.9. The Morgan fingerprint density at radius 3 is 2.21 bits per heavy atom. The molecule has 3 aromatic rings. The Morgan fingerprint density at radius 2 is 1.58 bits per heavy atom. The summed E-state index contributed by atoms with van der Waals surface area (Å²) >= 11 is 0. The van der Waals surface area contributed by atoms with Gasteiger partial charge in [-0.15, -0.1) is 38.5 Å². The summed E-state index contributed by atoms with van der Waals surface area (Å²) in [6, 6.07) is -0.436. The van der Waals surface area contributed by atoms with Gasteiger partial charge in [0, 0.05) is 11.1 Å². The number of esters is 1. The number of methoxy groups -OCH3 is 1. The Bertz CT molecular complexity index is 1970. The zero-order valence-corrected chi connectivity index (χ0v) is 27.2. The van der Waals surface area contributed by atoms with E-state index in [1.54, 1.807) is 0 Å². The van der Waals surface area contributed by atoms with E-state index in [1.165, 1.54) is 7.11 Å². The molecule has 0 radical (unpaired) electrons. The predicted octanol–water partition coefficient (Wildman–Crippen LogP) is 1.38. The molecule has 6 rings (SSSR count). The van der Waals surface area contributed by atoms with E-state index in [2.05, 4.69) is 27.7 Å². The minimum atomic E-state index is -1.09. The van der Waals surface area contributed by atoms with Crippen molar-refractivity contribution < 1.29 is 19.1 Å². The first-order chi connectivity index (χ1) is 20.2. The van der Waals surface area contributed by atoms with Crippen LogP contribution in [0.25, 0.3) is 29.1 Å². The molecular formula is C34H34MgN4O4-2. The fraction of sp³-hybridized carbons (Fsp3) is 0.382. The summed E-state index contributed by atoms with van der Waals surface area (Å²) in [7, 11) is 1.30. The number of ketones is 1. The van der Waals surface area contributed by atoms with Crippen molar-refractivity contribution in [3.8, 4) is 0 Å². The first-order valence-corrected chi connectivity index (χ1v) is 14.6. The van der Waals surface area contributed by atoms with Crippen LogP contribution in [0.3, 0.4) is 0 Å². The Balaban J connectivity index is 0.00000368. The van der Waals surface area contributed by atoms with Crippen LogP contribution >= 0.6 is 0 Å². The van der Waals surface area contributed by atoms with Crippen molar-refractivity contribution in [1.82, 2.24) is 15.0 Å². The number of nitrogens with zero attached hydrogens (tertiary/aromatic N) is 4. The number of carbonyl (C=O) groups excluding carboxylic acids is 3. The van der Waals surface area contributed by atoms with Crippen LogP contribution in [0.5, 0.6) is 0 Å². The number of carbonyl (C=O) groups is 3. The molecule has 0 saturated carbocycles. The number of aldehydes is 1. The zero-order chi connectivity index (χ0) is 30.0. The van der Waals surface area contributed by atoms with Crippen molar-refractivity contribution >= 4 is 64.9 Å². The molecule has 1 unspecified atom stereocenters. The van der Waals surface area contributed by atoms with E-state index in [1.807, 2.05) is 32.1 Å². The van der Waals surface area contributed by atoms with E-state index in [9.17, 15) is 14.4 Å². The van der Waals surface area contributed by atoms with Gasteiger partial charge >= 0.3 is 29.0 Å². The maximum absolute atomic E-state index is 13.9. The molecule has 0 saturated heterocycles. The molecule has 218 valence electrons. The summed E-state index contributed by atoms with van der Waals surface area (Å²) in [6.07, 6.45) is 8.76. The first kappa shape index (κ1) is 30.9. The third kappa shape index (κ3) is 4.50. The van der Waals surface area contributed by atoms with Gasteiger partial charge in [-0.1, -0.05) is 84.9 Å². The van der Waals surface area contributed by atoms with E-state index in [-0.39, 0.29) is 34.8 Å². The van der Waals surface area contributed by atoms with E-state index < -0.39 is 17.9 Å².